The quantitative estimate of drug-likeness (QED) is 0.558. The molecule has 0 radical (unpaired) electrons. The number of Topliss-reactive ketones (excluding diaryl/α,β-unsaturated/α-hetero) is 1. The van der Waals surface area contributed by atoms with E-state index in [0.717, 1.165) is 25.7 Å². The summed E-state index contributed by atoms with van der Waals surface area (Å²) in [5.74, 6) is -0.00187. The summed E-state index contributed by atoms with van der Waals surface area (Å²) in [5.41, 5.74) is -1.06. The van der Waals surface area contributed by atoms with Gasteiger partial charge in [0, 0.05) is 5.41 Å². The lowest BCUT2D eigenvalue weighted by Gasteiger charge is -2.60. The maximum absolute atomic E-state index is 12.4. The molecule has 4 aliphatic carbocycles. The number of carbonyl (C=O) groups is 1. The Hall–Kier alpha value is -0.750. The van der Waals surface area contributed by atoms with Crippen LogP contribution >= 0.6 is 0 Å². The predicted octanol–water partition coefficient (Wildman–Crippen LogP) is 1.57. The molecule has 4 N–H and O–H groups in total. The van der Waals surface area contributed by atoms with Crippen LogP contribution in [0.15, 0.2) is 11.6 Å². The number of fused-ring (bicyclic) bond motifs is 5. The SMILES string of the molecule is C[C@]12CC[C@H](O)CC1=CC[C@@H]1[C@@H]2[C@H](O)C[C@]2(C)[C@@H]1CC[C@]2(O)C(=O)CO. The number of aliphatic hydroxyl groups excluding tert-OH is 3. The lowest BCUT2D eigenvalue weighted by Crippen LogP contribution is -2.61. The summed E-state index contributed by atoms with van der Waals surface area (Å²) in [7, 11) is 0. The Kier molecular flexibility index (Phi) is 4.20. The minimum Gasteiger partial charge on any atom is -0.393 e. The number of hydrogen-bond acceptors (Lipinski definition) is 5. The van der Waals surface area contributed by atoms with Crippen LogP contribution in [0.25, 0.3) is 0 Å². The van der Waals surface area contributed by atoms with Crippen LogP contribution in [0.3, 0.4) is 0 Å². The normalized spacial score (nSPS) is 53.3. The molecule has 0 saturated heterocycles. The second-order valence-electron chi connectivity index (χ2n) is 9.74. The van der Waals surface area contributed by atoms with Crippen molar-refractivity contribution in [2.45, 2.75) is 76.6 Å². The first-order valence-corrected chi connectivity index (χ1v) is 10.1. The molecular formula is C21H32O5. The molecule has 5 nitrogen and oxygen atoms in total. The second-order valence-corrected chi connectivity index (χ2v) is 9.74. The first-order chi connectivity index (χ1) is 12.2. The molecule has 0 aromatic carbocycles. The van der Waals surface area contributed by atoms with Crippen LogP contribution in [0.4, 0.5) is 0 Å². The standard InChI is InChI=1S/C21H32O5/c1-19-7-5-13(23)9-12(19)3-4-14-15-6-8-21(26,17(25)11-22)20(15,2)10-16(24)18(14)19/h3,13-16,18,22-24,26H,4-11H2,1-2H3/t13-,14-,15+,16+,18+,19-,20+,21-/m0/s1. The fourth-order valence-electron chi connectivity index (χ4n) is 7.37. The van der Waals surface area contributed by atoms with Crippen LogP contribution in [0.1, 0.15) is 58.8 Å². The minimum atomic E-state index is -1.54. The van der Waals surface area contributed by atoms with Crippen molar-refractivity contribution in [1.29, 1.82) is 0 Å². The van der Waals surface area contributed by atoms with Gasteiger partial charge in [0.25, 0.3) is 0 Å². The van der Waals surface area contributed by atoms with Gasteiger partial charge >= 0.3 is 0 Å². The molecule has 0 aliphatic heterocycles. The van der Waals surface area contributed by atoms with E-state index >= 15 is 0 Å². The van der Waals surface area contributed by atoms with E-state index in [1.807, 2.05) is 6.92 Å². The molecule has 0 aromatic heterocycles. The molecule has 8 atom stereocenters. The van der Waals surface area contributed by atoms with Gasteiger partial charge in [-0.3, -0.25) is 4.79 Å². The number of ketones is 1. The third-order valence-electron chi connectivity index (χ3n) is 8.77. The molecule has 0 heterocycles. The van der Waals surface area contributed by atoms with Crippen molar-refractivity contribution in [3.8, 4) is 0 Å². The fourth-order valence-corrected chi connectivity index (χ4v) is 7.37. The second kappa shape index (κ2) is 5.87. The number of rotatable bonds is 2. The minimum absolute atomic E-state index is 0.107. The zero-order chi connectivity index (χ0) is 18.9. The van der Waals surface area contributed by atoms with Crippen LogP contribution in [0.2, 0.25) is 0 Å². The highest BCUT2D eigenvalue weighted by molar-refractivity contribution is 5.89. The van der Waals surface area contributed by atoms with E-state index in [9.17, 15) is 25.2 Å². The van der Waals surface area contributed by atoms with E-state index in [0.29, 0.717) is 19.3 Å². The van der Waals surface area contributed by atoms with Crippen LogP contribution < -0.4 is 0 Å². The number of aliphatic hydroxyl groups is 4. The molecule has 3 fully saturated rings. The zero-order valence-corrected chi connectivity index (χ0v) is 15.8. The Morgan fingerprint density at radius 1 is 1.23 bits per heavy atom. The molecule has 3 saturated carbocycles. The molecule has 0 aromatic rings. The molecular weight excluding hydrogens is 332 g/mol. The van der Waals surface area contributed by atoms with Crippen molar-refractivity contribution in [1.82, 2.24) is 0 Å². The molecule has 26 heavy (non-hydrogen) atoms. The summed E-state index contributed by atoms with van der Waals surface area (Å²) in [6, 6.07) is 0. The monoisotopic (exact) mass is 364 g/mol. The highest BCUT2D eigenvalue weighted by Crippen LogP contribution is 2.67. The molecule has 0 bridgehead atoms. The van der Waals surface area contributed by atoms with Crippen LogP contribution in [-0.2, 0) is 4.79 Å². The van der Waals surface area contributed by atoms with Crippen LogP contribution in [0.5, 0.6) is 0 Å². The molecule has 5 heteroatoms. The van der Waals surface area contributed by atoms with Gasteiger partial charge in [-0.2, -0.15) is 0 Å². The van der Waals surface area contributed by atoms with Crippen molar-refractivity contribution >= 4 is 5.78 Å². The van der Waals surface area contributed by atoms with E-state index in [1.54, 1.807) is 0 Å². The average Bonchev–Trinajstić information content (AvgIpc) is 2.86. The molecule has 4 aliphatic rings. The molecule has 4 rings (SSSR count). The lowest BCUT2D eigenvalue weighted by atomic mass is 9.46. The Morgan fingerprint density at radius 3 is 2.65 bits per heavy atom. The predicted molar refractivity (Wildman–Crippen MR) is 96.1 cm³/mol. The smallest absolute Gasteiger partial charge is 0.190 e. The number of carbonyl (C=O) groups excluding carboxylic acids is 1. The first-order valence-electron chi connectivity index (χ1n) is 10.1. The summed E-state index contributed by atoms with van der Waals surface area (Å²) in [6.45, 7) is 3.51. The molecule has 0 amide bonds. The van der Waals surface area contributed by atoms with Gasteiger partial charge in [0.05, 0.1) is 12.2 Å². The highest BCUT2D eigenvalue weighted by atomic mass is 16.3. The van der Waals surface area contributed by atoms with Crippen molar-refractivity contribution in [2.24, 2.45) is 28.6 Å². The Bertz CT molecular complexity index is 644. The highest BCUT2D eigenvalue weighted by Gasteiger charge is 2.67. The van der Waals surface area contributed by atoms with Crippen molar-refractivity contribution in [3.05, 3.63) is 11.6 Å². The van der Waals surface area contributed by atoms with Crippen molar-refractivity contribution in [3.63, 3.8) is 0 Å². The van der Waals surface area contributed by atoms with Gasteiger partial charge in [0.1, 0.15) is 12.2 Å². The van der Waals surface area contributed by atoms with Gasteiger partial charge in [-0.15, -0.1) is 0 Å². The van der Waals surface area contributed by atoms with Crippen molar-refractivity contribution in [2.75, 3.05) is 6.61 Å². The fraction of sp³-hybridized carbons (Fsp3) is 0.857. The molecule has 0 unspecified atom stereocenters. The number of hydrogen-bond donors (Lipinski definition) is 4. The van der Waals surface area contributed by atoms with Gasteiger partial charge in [0.2, 0.25) is 0 Å². The van der Waals surface area contributed by atoms with E-state index in [1.165, 1.54) is 5.57 Å². The first kappa shape index (κ1) is 18.6. The van der Waals surface area contributed by atoms with Crippen LogP contribution in [-0.4, -0.2) is 50.6 Å². The van der Waals surface area contributed by atoms with E-state index in [-0.39, 0.29) is 29.3 Å². The van der Waals surface area contributed by atoms with E-state index in [2.05, 4.69) is 13.0 Å². The Morgan fingerprint density at radius 2 is 1.96 bits per heavy atom. The summed E-state index contributed by atoms with van der Waals surface area (Å²) in [6.07, 6.45) is 6.09. The van der Waals surface area contributed by atoms with Gasteiger partial charge in [-0.1, -0.05) is 25.5 Å². The lowest BCUT2D eigenvalue weighted by molar-refractivity contribution is -0.180. The Balaban J connectivity index is 1.73. The van der Waals surface area contributed by atoms with Gasteiger partial charge in [0.15, 0.2) is 5.78 Å². The maximum atomic E-state index is 12.4. The largest absolute Gasteiger partial charge is 0.393 e. The number of allylic oxidation sites excluding steroid dienone is 1. The maximum Gasteiger partial charge on any atom is 0.190 e. The summed E-state index contributed by atoms with van der Waals surface area (Å²) in [5, 5.41) is 41.8. The summed E-state index contributed by atoms with van der Waals surface area (Å²) < 4.78 is 0. The summed E-state index contributed by atoms with van der Waals surface area (Å²) in [4.78, 5) is 12.4. The third-order valence-corrected chi connectivity index (χ3v) is 8.77. The van der Waals surface area contributed by atoms with Crippen LogP contribution in [0, 0.1) is 28.6 Å². The Labute approximate surface area is 155 Å². The topological polar surface area (TPSA) is 98.0 Å². The molecule has 146 valence electrons. The third kappa shape index (κ3) is 2.20. The van der Waals surface area contributed by atoms with Gasteiger partial charge in [-0.25, -0.2) is 0 Å². The van der Waals surface area contributed by atoms with E-state index < -0.39 is 29.5 Å². The van der Waals surface area contributed by atoms with E-state index in [4.69, 9.17) is 0 Å². The van der Waals surface area contributed by atoms with Crippen molar-refractivity contribution < 1.29 is 25.2 Å². The average molecular weight is 364 g/mol. The zero-order valence-electron chi connectivity index (χ0n) is 15.8. The van der Waals surface area contributed by atoms with Gasteiger partial charge < -0.3 is 20.4 Å². The molecule has 0 spiro atoms. The van der Waals surface area contributed by atoms with Gasteiger partial charge in [-0.05, 0) is 68.1 Å². The summed E-state index contributed by atoms with van der Waals surface area (Å²) >= 11 is 0.